The molecule has 0 saturated heterocycles. The van der Waals surface area contributed by atoms with Crippen LogP contribution in [0.2, 0.25) is 0 Å². The summed E-state index contributed by atoms with van der Waals surface area (Å²) in [7, 11) is 0. The molecule has 0 aliphatic carbocycles. The Labute approximate surface area is 126 Å². The number of hydrogen-bond acceptors (Lipinski definition) is 6. The zero-order chi connectivity index (χ0) is 14.9. The molecule has 22 heavy (non-hydrogen) atoms. The lowest BCUT2D eigenvalue weighted by Gasteiger charge is -2.24. The van der Waals surface area contributed by atoms with Crippen LogP contribution in [0.4, 0.5) is 0 Å². The number of fused-ring (bicyclic) bond motifs is 2. The molecule has 0 bridgehead atoms. The third-order valence-electron chi connectivity index (χ3n) is 3.33. The molecular formula is C16H12O6. The van der Waals surface area contributed by atoms with E-state index in [1.54, 1.807) is 30.3 Å². The van der Waals surface area contributed by atoms with Crippen LogP contribution >= 0.6 is 0 Å². The van der Waals surface area contributed by atoms with Crippen molar-refractivity contribution in [1.82, 2.24) is 0 Å². The van der Waals surface area contributed by atoms with Gasteiger partial charge in [-0.2, -0.15) is 0 Å². The molecule has 0 saturated carbocycles. The van der Waals surface area contributed by atoms with Crippen LogP contribution < -0.4 is 23.7 Å². The van der Waals surface area contributed by atoms with Gasteiger partial charge in [0.15, 0.2) is 23.0 Å². The van der Waals surface area contributed by atoms with Crippen molar-refractivity contribution >= 4 is 5.97 Å². The van der Waals surface area contributed by atoms with Gasteiger partial charge in [-0.3, -0.25) is 0 Å². The molecule has 6 nitrogen and oxygen atoms in total. The van der Waals surface area contributed by atoms with Crippen molar-refractivity contribution < 1.29 is 28.5 Å². The Bertz CT molecular complexity index is 726. The van der Waals surface area contributed by atoms with Crippen molar-refractivity contribution in [3.05, 3.63) is 42.5 Å². The van der Waals surface area contributed by atoms with Crippen LogP contribution in [0, 0.1) is 0 Å². The SMILES string of the molecule is O=C(Oc1ccc2c(c1)OCO2)[C@@H]1COc2ccccc2O1. The van der Waals surface area contributed by atoms with Gasteiger partial charge in [0, 0.05) is 6.07 Å². The van der Waals surface area contributed by atoms with Crippen molar-refractivity contribution in [2.45, 2.75) is 6.10 Å². The zero-order valence-corrected chi connectivity index (χ0v) is 11.5. The van der Waals surface area contributed by atoms with Gasteiger partial charge in [0.25, 0.3) is 0 Å². The molecule has 4 rings (SSSR count). The second kappa shape index (κ2) is 5.14. The zero-order valence-electron chi connectivity index (χ0n) is 11.5. The summed E-state index contributed by atoms with van der Waals surface area (Å²) >= 11 is 0. The fourth-order valence-electron chi connectivity index (χ4n) is 2.26. The molecule has 0 fully saturated rings. The van der Waals surface area contributed by atoms with Crippen molar-refractivity contribution in [2.24, 2.45) is 0 Å². The number of para-hydroxylation sites is 2. The number of benzene rings is 2. The molecule has 2 heterocycles. The number of carbonyl (C=O) groups is 1. The van der Waals surface area contributed by atoms with Gasteiger partial charge in [-0.15, -0.1) is 0 Å². The van der Waals surface area contributed by atoms with Crippen molar-refractivity contribution in [1.29, 1.82) is 0 Å². The monoisotopic (exact) mass is 300 g/mol. The van der Waals surface area contributed by atoms with Gasteiger partial charge < -0.3 is 23.7 Å². The lowest BCUT2D eigenvalue weighted by molar-refractivity contribution is -0.144. The van der Waals surface area contributed by atoms with Crippen LogP contribution in [0.15, 0.2) is 42.5 Å². The first kappa shape index (κ1) is 12.8. The van der Waals surface area contributed by atoms with Gasteiger partial charge in [-0.1, -0.05) is 12.1 Å². The predicted octanol–water partition coefficient (Wildman–Crippen LogP) is 2.16. The fourth-order valence-corrected chi connectivity index (χ4v) is 2.26. The Kier molecular flexibility index (Phi) is 3.00. The first-order valence-electron chi connectivity index (χ1n) is 6.79. The topological polar surface area (TPSA) is 63.2 Å². The summed E-state index contributed by atoms with van der Waals surface area (Å²) in [5, 5.41) is 0. The normalized spacial score (nSPS) is 17.9. The lowest BCUT2D eigenvalue weighted by Crippen LogP contribution is -2.39. The van der Waals surface area contributed by atoms with Gasteiger partial charge in [-0.25, -0.2) is 4.79 Å². The van der Waals surface area contributed by atoms with Gasteiger partial charge in [0.1, 0.15) is 12.4 Å². The third kappa shape index (κ3) is 2.28. The molecule has 0 unspecified atom stereocenters. The molecular weight excluding hydrogens is 288 g/mol. The molecule has 2 aromatic rings. The molecule has 2 aliphatic heterocycles. The minimum atomic E-state index is -0.805. The average Bonchev–Trinajstić information content (AvgIpc) is 3.02. The minimum absolute atomic E-state index is 0.112. The summed E-state index contributed by atoms with van der Waals surface area (Å²) in [5.74, 6) is 2.18. The van der Waals surface area contributed by atoms with Gasteiger partial charge in [0.05, 0.1) is 0 Å². The van der Waals surface area contributed by atoms with E-state index in [1.807, 2.05) is 12.1 Å². The first-order valence-corrected chi connectivity index (χ1v) is 6.79. The summed E-state index contributed by atoms with van der Waals surface area (Å²) in [6.45, 7) is 0.281. The predicted molar refractivity (Wildman–Crippen MR) is 74.6 cm³/mol. The average molecular weight is 300 g/mol. The smallest absolute Gasteiger partial charge is 0.356 e. The van der Waals surface area contributed by atoms with E-state index in [0.717, 1.165) is 0 Å². The van der Waals surface area contributed by atoms with E-state index in [-0.39, 0.29) is 13.4 Å². The van der Waals surface area contributed by atoms with Crippen molar-refractivity contribution in [2.75, 3.05) is 13.4 Å². The molecule has 112 valence electrons. The molecule has 0 spiro atoms. The Balaban J connectivity index is 1.47. The van der Waals surface area contributed by atoms with Crippen LogP contribution in [0.1, 0.15) is 0 Å². The summed E-state index contributed by atoms with van der Waals surface area (Å²) in [4.78, 5) is 12.2. The molecule has 2 aliphatic rings. The van der Waals surface area contributed by atoms with Crippen molar-refractivity contribution in [3.8, 4) is 28.7 Å². The summed E-state index contributed by atoms with van der Waals surface area (Å²) in [6.07, 6.45) is -0.805. The highest BCUT2D eigenvalue weighted by Gasteiger charge is 2.29. The molecule has 6 heteroatoms. The van der Waals surface area contributed by atoms with E-state index in [0.29, 0.717) is 28.7 Å². The Hall–Kier alpha value is -2.89. The van der Waals surface area contributed by atoms with Gasteiger partial charge in [0.2, 0.25) is 12.9 Å². The minimum Gasteiger partial charge on any atom is -0.485 e. The highest BCUT2D eigenvalue weighted by Crippen LogP contribution is 2.35. The maximum Gasteiger partial charge on any atom is 0.356 e. The highest BCUT2D eigenvalue weighted by atomic mass is 16.7. The summed E-state index contributed by atoms with van der Waals surface area (Å²) < 4.78 is 26.9. The number of esters is 1. The van der Waals surface area contributed by atoms with Crippen LogP contribution in [0.3, 0.4) is 0 Å². The maximum absolute atomic E-state index is 12.2. The molecule has 0 amide bonds. The number of rotatable bonds is 2. The van der Waals surface area contributed by atoms with E-state index < -0.39 is 12.1 Å². The number of ether oxygens (including phenoxy) is 5. The lowest BCUT2D eigenvalue weighted by atomic mass is 10.2. The quantitative estimate of drug-likeness (QED) is 0.625. The standard InChI is InChI=1S/C16H12O6/c17-16(15-8-18-11-3-1-2-4-13(11)22-15)21-10-5-6-12-14(7-10)20-9-19-12/h1-7,15H,8-9H2/t15-/m0/s1. The van der Waals surface area contributed by atoms with Crippen LogP contribution in [0.5, 0.6) is 28.7 Å². The molecule has 0 aromatic heterocycles. The van der Waals surface area contributed by atoms with Gasteiger partial charge in [-0.05, 0) is 24.3 Å². The Morgan fingerprint density at radius 1 is 0.955 bits per heavy atom. The number of hydrogen-bond donors (Lipinski definition) is 0. The highest BCUT2D eigenvalue weighted by molar-refractivity contribution is 5.78. The summed E-state index contributed by atoms with van der Waals surface area (Å²) in [5.41, 5.74) is 0. The van der Waals surface area contributed by atoms with Crippen molar-refractivity contribution in [3.63, 3.8) is 0 Å². The van der Waals surface area contributed by atoms with E-state index in [1.165, 1.54) is 0 Å². The van der Waals surface area contributed by atoms with E-state index in [9.17, 15) is 4.79 Å². The Morgan fingerprint density at radius 2 is 1.73 bits per heavy atom. The van der Waals surface area contributed by atoms with Crippen LogP contribution in [-0.2, 0) is 4.79 Å². The Morgan fingerprint density at radius 3 is 2.64 bits per heavy atom. The second-order valence-corrected chi connectivity index (χ2v) is 4.80. The van der Waals surface area contributed by atoms with Crippen LogP contribution in [-0.4, -0.2) is 25.5 Å². The van der Waals surface area contributed by atoms with E-state index in [4.69, 9.17) is 23.7 Å². The van der Waals surface area contributed by atoms with Crippen LogP contribution in [0.25, 0.3) is 0 Å². The number of carbonyl (C=O) groups excluding carboxylic acids is 1. The fraction of sp³-hybridized carbons (Fsp3) is 0.188. The third-order valence-corrected chi connectivity index (χ3v) is 3.33. The molecule has 1 atom stereocenters. The van der Waals surface area contributed by atoms with E-state index >= 15 is 0 Å². The maximum atomic E-state index is 12.2. The molecule has 0 N–H and O–H groups in total. The second-order valence-electron chi connectivity index (χ2n) is 4.80. The first-order chi connectivity index (χ1) is 10.8. The van der Waals surface area contributed by atoms with Gasteiger partial charge >= 0.3 is 5.97 Å². The summed E-state index contributed by atoms with van der Waals surface area (Å²) in [6, 6.07) is 12.1. The molecule has 2 aromatic carbocycles. The van der Waals surface area contributed by atoms with E-state index in [2.05, 4.69) is 0 Å². The largest absolute Gasteiger partial charge is 0.485 e. The molecule has 0 radical (unpaired) electrons.